The quantitative estimate of drug-likeness (QED) is 0.419. The highest BCUT2D eigenvalue weighted by atomic mass is 31.2. The van der Waals surface area contributed by atoms with Gasteiger partial charge in [0.2, 0.25) is 5.95 Å². The molecule has 14 heteroatoms. The van der Waals surface area contributed by atoms with Gasteiger partial charge in [0, 0.05) is 7.11 Å². The topological polar surface area (TPSA) is 173 Å². The van der Waals surface area contributed by atoms with Crippen molar-refractivity contribution in [1.29, 1.82) is 0 Å². The molecule has 27 heavy (non-hydrogen) atoms. The predicted molar refractivity (Wildman–Crippen MR) is 88.7 cm³/mol. The molecule has 4 heterocycles. The van der Waals surface area contributed by atoms with Crippen LogP contribution in [-0.4, -0.2) is 69.7 Å². The van der Waals surface area contributed by atoms with Crippen LogP contribution in [0.25, 0.3) is 11.2 Å². The van der Waals surface area contributed by atoms with Gasteiger partial charge in [0.15, 0.2) is 17.4 Å². The van der Waals surface area contributed by atoms with E-state index < -0.39 is 37.9 Å². The van der Waals surface area contributed by atoms with Crippen LogP contribution in [0.15, 0.2) is 11.1 Å². The third-order valence-electron chi connectivity index (χ3n) is 4.26. The number of rotatable bonds is 5. The van der Waals surface area contributed by atoms with Gasteiger partial charge in [0.25, 0.3) is 5.56 Å². The molecule has 148 valence electrons. The van der Waals surface area contributed by atoms with Crippen molar-refractivity contribution in [2.45, 2.75) is 24.5 Å². The van der Waals surface area contributed by atoms with E-state index in [1.807, 2.05) is 0 Å². The zero-order valence-electron chi connectivity index (χ0n) is 14.2. The molecule has 5 atom stereocenters. The van der Waals surface area contributed by atoms with Crippen molar-refractivity contribution < 1.29 is 32.7 Å². The Hall–Kier alpha value is -1.86. The summed E-state index contributed by atoms with van der Waals surface area (Å²) in [6, 6.07) is 0. The normalized spacial score (nSPS) is 33.4. The Morgan fingerprint density at radius 2 is 2.33 bits per heavy atom. The smallest absolute Gasteiger partial charge is 0.382 e. The number of phosphoric ester groups is 1. The molecule has 0 spiro atoms. The summed E-state index contributed by atoms with van der Waals surface area (Å²) in [5, 5.41) is 0. The Morgan fingerprint density at radius 3 is 3.11 bits per heavy atom. The van der Waals surface area contributed by atoms with Gasteiger partial charge in [0.05, 0.1) is 26.1 Å². The van der Waals surface area contributed by atoms with Crippen LogP contribution in [0.2, 0.25) is 0 Å². The lowest BCUT2D eigenvalue weighted by atomic mass is 10.1. The van der Waals surface area contributed by atoms with E-state index in [1.165, 1.54) is 18.0 Å². The van der Waals surface area contributed by atoms with Gasteiger partial charge in [-0.1, -0.05) is 0 Å². The van der Waals surface area contributed by atoms with Crippen LogP contribution < -0.4 is 11.3 Å². The van der Waals surface area contributed by atoms with Crippen LogP contribution in [-0.2, 0) is 27.8 Å². The average molecular weight is 403 g/mol. The number of anilines is 1. The van der Waals surface area contributed by atoms with Gasteiger partial charge in [0.1, 0.15) is 18.3 Å². The number of phosphoric acid groups is 1. The number of aromatic nitrogens is 4. The zero-order chi connectivity index (χ0) is 19.2. The summed E-state index contributed by atoms with van der Waals surface area (Å²) in [7, 11) is -2.69. The largest absolute Gasteiger partial charge is 0.472 e. The molecule has 2 aliphatic heterocycles. The van der Waals surface area contributed by atoms with Crippen LogP contribution in [0, 0.1) is 0 Å². The fraction of sp³-hybridized carbons (Fsp3) is 0.615. The number of ether oxygens (including phenoxy) is 3. The van der Waals surface area contributed by atoms with Crippen molar-refractivity contribution >= 4 is 24.9 Å². The van der Waals surface area contributed by atoms with Gasteiger partial charge in [-0.2, -0.15) is 4.98 Å². The average Bonchev–Trinajstić information content (AvgIpc) is 3.16. The first-order valence-electron chi connectivity index (χ1n) is 8.03. The minimum Gasteiger partial charge on any atom is -0.382 e. The van der Waals surface area contributed by atoms with E-state index in [-0.39, 0.29) is 30.3 Å². The zero-order valence-corrected chi connectivity index (χ0v) is 15.1. The van der Waals surface area contributed by atoms with Crippen LogP contribution in [0.4, 0.5) is 5.95 Å². The molecule has 13 nitrogen and oxygen atoms in total. The number of nitrogens with zero attached hydrogens (tertiary/aromatic N) is 3. The fourth-order valence-corrected chi connectivity index (χ4v) is 4.08. The number of imidazole rings is 1. The Bertz CT molecular complexity index is 946. The summed E-state index contributed by atoms with van der Waals surface area (Å²) < 4.78 is 40.0. The van der Waals surface area contributed by atoms with Crippen LogP contribution >= 0.6 is 7.82 Å². The van der Waals surface area contributed by atoms with Gasteiger partial charge in [-0.25, -0.2) is 9.55 Å². The molecular weight excluding hydrogens is 385 g/mol. The van der Waals surface area contributed by atoms with E-state index in [1.54, 1.807) is 0 Å². The minimum absolute atomic E-state index is 0.0725. The second-order valence-electron chi connectivity index (χ2n) is 6.00. The number of hydrogen-bond acceptors (Lipinski definition) is 10. The number of aromatic amines is 1. The molecular formula is C13H18N5O8P. The Kier molecular flexibility index (Phi) is 4.76. The maximum atomic E-state index is 12.0. The highest BCUT2D eigenvalue weighted by molar-refractivity contribution is 7.47. The summed E-state index contributed by atoms with van der Waals surface area (Å²) in [4.78, 5) is 32.2. The lowest BCUT2D eigenvalue weighted by Crippen LogP contribution is -2.41. The van der Waals surface area contributed by atoms with E-state index in [0.717, 1.165) is 0 Å². The second kappa shape index (κ2) is 6.95. The summed E-state index contributed by atoms with van der Waals surface area (Å²) in [5.41, 5.74) is 5.39. The first-order chi connectivity index (χ1) is 12.9. The van der Waals surface area contributed by atoms with Crippen LogP contribution in [0.1, 0.15) is 6.23 Å². The number of nitrogens with two attached hydrogens (primary N) is 1. The third kappa shape index (κ3) is 3.38. The molecule has 2 fully saturated rings. The van der Waals surface area contributed by atoms with E-state index in [2.05, 4.69) is 15.0 Å². The summed E-state index contributed by atoms with van der Waals surface area (Å²) in [6.45, 7) is 0.332. The molecule has 4 N–H and O–H groups in total. The molecule has 0 bridgehead atoms. The third-order valence-corrected chi connectivity index (χ3v) is 5.25. The summed E-state index contributed by atoms with van der Waals surface area (Å²) >= 11 is 0. The monoisotopic (exact) mass is 403 g/mol. The first-order valence-corrected chi connectivity index (χ1v) is 9.53. The van der Waals surface area contributed by atoms with E-state index >= 15 is 0 Å². The van der Waals surface area contributed by atoms with Crippen molar-refractivity contribution in [3.8, 4) is 0 Å². The molecule has 0 aromatic carbocycles. The molecule has 4 rings (SSSR count). The van der Waals surface area contributed by atoms with Crippen molar-refractivity contribution in [3.05, 3.63) is 16.7 Å². The number of methoxy groups -OCH3 is 1. The van der Waals surface area contributed by atoms with E-state index in [0.29, 0.717) is 6.61 Å². The Balaban J connectivity index is 1.72. The lowest BCUT2D eigenvalue weighted by molar-refractivity contribution is -0.0737. The van der Waals surface area contributed by atoms with Crippen molar-refractivity contribution in [2.24, 2.45) is 0 Å². The molecule has 0 amide bonds. The van der Waals surface area contributed by atoms with E-state index in [4.69, 9.17) is 29.0 Å². The number of hydrogen-bond donors (Lipinski definition) is 3. The molecule has 1 unspecified atom stereocenters. The number of nitrogen functional groups attached to an aromatic ring is 1. The Labute approximate surface area is 152 Å². The minimum atomic E-state index is -4.21. The molecule has 2 aromatic rings. The molecule has 2 aliphatic rings. The SMILES string of the molecule is COCCO[C@@H]1[C@@H]2OP(=O)(O)OC[C@H]2O[C@H]1n1cnc2c(=O)[nH]c(N)nc21. The van der Waals surface area contributed by atoms with Crippen LogP contribution in [0.3, 0.4) is 0 Å². The van der Waals surface area contributed by atoms with Gasteiger partial charge in [-0.15, -0.1) is 0 Å². The maximum absolute atomic E-state index is 12.0. The standard InChI is InChI=1S/C13H18N5O8P/c1-22-2-3-23-9-8-6(4-24-27(20,21)26-8)25-12(9)18-5-15-7-10(18)16-13(14)17-11(7)19/h5-6,8-9,12H,2-4H2,1H3,(H,20,21)(H3,14,16,17,19)/t6-,8-,9-,12-/m1/s1. The first kappa shape index (κ1) is 18.5. The molecule has 0 radical (unpaired) electrons. The maximum Gasteiger partial charge on any atom is 0.472 e. The molecule has 0 saturated carbocycles. The van der Waals surface area contributed by atoms with Gasteiger partial charge < -0.3 is 24.8 Å². The van der Waals surface area contributed by atoms with Gasteiger partial charge >= 0.3 is 7.82 Å². The molecule has 0 aliphatic carbocycles. The number of fused-ring (bicyclic) bond motifs is 2. The van der Waals surface area contributed by atoms with Crippen LogP contribution in [0.5, 0.6) is 0 Å². The predicted octanol–water partition coefficient (Wildman–Crippen LogP) is -0.853. The van der Waals surface area contributed by atoms with Crippen molar-refractivity contribution in [1.82, 2.24) is 19.5 Å². The number of nitrogens with one attached hydrogen (secondary N) is 1. The van der Waals surface area contributed by atoms with Crippen molar-refractivity contribution in [3.63, 3.8) is 0 Å². The Morgan fingerprint density at radius 1 is 1.52 bits per heavy atom. The van der Waals surface area contributed by atoms with Gasteiger partial charge in [-0.3, -0.25) is 23.4 Å². The van der Waals surface area contributed by atoms with Gasteiger partial charge in [-0.05, 0) is 0 Å². The highest BCUT2D eigenvalue weighted by Gasteiger charge is 2.54. The molecule has 2 saturated heterocycles. The second-order valence-corrected chi connectivity index (χ2v) is 7.41. The lowest BCUT2D eigenvalue weighted by Gasteiger charge is -2.29. The van der Waals surface area contributed by atoms with E-state index in [9.17, 15) is 14.3 Å². The molecule has 2 aromatic heterocycles. The summed E-state index contributed by atoms with van der Waals surface area (Å²) in [6.07, 6.45) is -1.80. The van der Waals surface area contributed by atoms with Crippen molar-refractivity contribution in [2.75, 3.05) is 32.7 Å². The highest BCUT2D eigenvalue weighted by Crippen LogP contribution is 2.53. The number of H-pyrrole nitrogens is 1. The summed E-state index contributed by atoms with van der Waals surface area (Å²) in [5.74, 6) is -0.0824. The fourth-order valence-electron chi connectivity index (χ4n) is 3.12.